The maximum atomic E-state index is 13.3. The van der Waals surface area contributed by atoms with E-state index in [1.807, 2.05) is 71.7 Å². The summed E-state index contributed by atoms with van der Waals surface area (Å²) in [6.07, 6.45) is 18.3. The van der Waals surface area contributed by atoms with Crippen LogP contribution in [0, 0.1) is 23.7 Å². The van der Waals surface area contributed by atoms with Crippen molar-refractivity contribution in [3.63, 3.8) is 0 Å². The van der Waals surface area contributed by atoms with E-state index < -0.39 is 5.97 Å². The van der Waals surface area contributed by atoms with Crippen molar-refractivity contribution in [1.29, 1.82) is 0 Å². The van der Waals surface area contributed by atoms with Crippen LogP contribution in [0.5, 0.6) is 34.5 Å². The molecule has 2 aliphatic carbocycles. The van der Waals surface area contributed by atoms with Crippen LogP contribution in [-0.4, -0.2) is 95.1 Å². The van der Waals surface area contributed by atoms with E-state index in [-0.39, 0.29) is 48.8 Å². The maximum Gasteiger partial charge on any atom is 0.330 e. The zero-order chi connectivity index (χ0) is 55.3. The number of thiazole rings is 1. The van der Waals surface area contributed by atoms with E-state index in [1.165, 1.54) is 25.7 Å². The predicted molar refractivity (Wildman–Crippen MR) is 309 cm³/mol. The second kappa shape index (κ2) is 33.8. The van der Waals surface area contributed by atoms with Crippen molar-refractivity contribution in [3.05, 3.63) is 109 Å². The Hall–Kier alpha value is -6.49. The highest BCUT2D eigenvalue weighted by atomic mass is 32.1. The number of anilines is 1. The minimum Gasteiger partial charge on any atom is -0.494 e. The molecule has 0 radical (unpaired) electrons. The number of rotatable bonds is 35. The van der Waals surface area contributed by atoms with Gasteiger partial charge in [-0.15, -0.1) is 0 Å². The number of aromatic nitrogens is 1. The lowest BCUT2D eigenvalue weighted by Gasteiger charge is -2.28. The second-order valence-corrected chi connectivity index (χ2v) is 21.3. The van der Waals surface area contributed by atoms with Gasteiger partial charge in [0.2, 0.25) is 5.13 Å². The average Bonchev–Trinajstić information content (AvgIpc) is 3.98. The molecule has 15 nitrogen and oxygen atoms in total. The maximum absolute atomic E-state index is 13.3. The molecule has 5 aromatic rings. The molecule has 79 heavy (non-hydrogen) atoms. The van der Waals surface area contributed by atoms with Gasteiger partial charge in [0, 0.05) is 11.6 Å². The smallest absolute Gasteiger partial charge is 0.330 e. The number of fused-ring (bicyclic) bond motifs is 1. The molecular formula is C63H81N3O12S. The molecule has 7 rings (SSSR count). The molecule has 16 heteroatoms. The van der Waals surface area contributed by atoms with Crippen molar-refractivity contribution in [2.75, 3.05) is 71.0 Å². The van der Waals surface area contributed by atoms with Gasteiger partial charge in [-0.05, 0) is 155 Å². The van der Waals surface area contributed by atoms with Crippen LogP contribution in [0.2, 0.25) is 0 Å². The standard InChI is InChI=1S/C63H81N3O12S/c1-4-7-9-13-36-72-52-25-29-54(30-26-52)77-61(68)49-21-17-47(18-22-49)45-75-56-33-34-58(76-46-48-19-23-50(24-20-48)62(69)78-55-31-27-53(28-32-55)73-37-14-10-8-5-2)51(43-56)44-64-66(63-65-57-15-11-12-16-59(57)79-63)35-38-70-39-40-71-41-42-74-60(67)6-3/h6,11-12,15-16,25-34,43-44,47-50H,3-5,7-10,13-14,17-24,35-42,45-46H2,1-2H3/b64-44+. The largest absolute Gasteiger partial charge is 0.494 e. The molecule has 0 bridgehead atoms. The van der Waals surface area contributed by atoms with Gasteiger partial charge in [0.25, 0.3) is 0 Å². The molecular weight excluding hydrogens is 1020 g/mol. The Morgan fingerprint density at radius 1 is 0.595 bits per heavy atom. The monoisotopic (exact) mass is 1100 g/mol. The molecule has 2 saturated carbocycles. The Morgan fingerprint density at radius 3 is 1.70 bits per heavy atom. The SMILES string of the molecule is C=CC(=O)OCCOCCOCCN(/N=C/c1cc(OCC2CCC(C(=O)Oc3ccc(OCCCCCC)cc3)CC2)ccc1OCC1CCC(C(=O)Oc2ccc(OCCCCCC)cc2)CC1)c1nc2ccccc2s1. The Balaban J connectivity index is 0.947. The molecule has 0 atom stereocenters. The van der Waals surface area contributed by atoms with Gasteiger partial charge >= 0.3 is 17.9 Å². The minimum absolute atomic E-state index is 0.137. The van der Waals surface area contributed by atoms with E-state index in [0.29, 0.717) is 80.9 Å². The first-order valence-electron chi connectivity index (χ1n) is 28.7. The van der Waals surface area contributed by atoms with E-state index in [4.69, 9.17) is 52.7 Å². The molecule has 0 spiro atoms. The lowest BCUT2D eigenvalue weighted by Crippen LogP contribution is -2.28. The molecule has 426 valence electrons. The molecule has 0 aliphatic heterocycles. The Bertz CT molecular complexity index is 2590. The highest BCUT2D eigenvalue weighted by Gasteiger charge is 2.30. The summed E-state index contributed by atoms with van der Waals surface area (Å²) in [4.78, 5) is 42.7. The zero-order valence-electron chi connectivity index (χ0n) is 46.4. The van der Waals surface area contributed by atoms with Crippen molar-refractivity contribution >= 4 is 50.8 Å². The summed E-state index contributed by atoms with van der Waals surface area (Å²) >= 11 is 1.54. The lowest BCUT2D eigenvalue weighted by molar-refractivity contribution is -0.141. The number of para-hydroxylation sites is 1. The topological polar surface area (TPSA) is 163 Å². The van der Waals surface area contributed by atoms with Gasteiger partial charge in [-0.3, -0.25) is 9.59 Å². The van der Waals surface area contributed by atoms with E-state index in [9.17, 15) is 14.4 Å². The Morgan fingerprint density at radius 2 is 1.13 bits per heavy atom. The quantitative estimate of drug-likeness (QED) is 0.00940. The van der Waals surface area contributed by atoms with Gasteiger partial charge in [-0.2, -0.15) is 5.10 Å². The third-order valence-corrected chi connectivity index (χ3v) is 15.3. The van der Waals surface area contributed by atoms with Gasteiger partial charge in [0.15, 0.2) is 0 Å². The summed E-state index contributed by atoms with van der Waals surface area (Å²) in [6, 6.07) is 28.5. The Labute approximate surface area is 470 Å². The minimum atomic E-state index is -0.489. The summed E-state index contributed by atoms with van der Waals surface area (Å²) < 4.78 is 54.0. The number of hydrogen-bond acceptors (Lipinski definition) is 16. The van der Waals surface area contributed by atoms with Crippen LogP contribution in [0.25, 0.3) is 10.2 Å². The molecule has 2 aliphatic rings. The van der Waals surface area contributed by atoms with Gasteiger partial charge in [0.1, 0.15) is 41.1 Å². The Kier molecular flexibility index (Phi) is 25.8. The fourth-order valence-electron chi connectivity index (χ4n) is 9.48. The first-order valence-corrected chi connectivity index (χ1v) is 29.5. The summed E-state index contributed by atoms with van der Waals surface area (Å²) in [5.41, 5.74) is 1.61. The van der Waals surface area contributed by atoms with Gasteiger partial charge in [-0.25, -0.2) is 14.8 Å². The van der Waals surface area contributed by atoms with E-state index in [0.717, 1.165) is 110 Å². The number of hydrazone groups is 1. The van der Waals surface area contributed by atoms with Crippen LogP contribution in [-0.2, 0) is 28.6 Å². The van der Waals surface area contributed by atoms with Crippen LogP contribution < -0.4 is 33.4 Å². The van der Waals surface area contributed by atoms with Crippen LogP contribution in [0.3, 0.4) is 0 Å². The van der Waals surface area contributed by atoms with E-state index >= 15 is 0 Å². The van der Waals surface area contributed by atoms with E-state index in [2.05, 4.69) is 20.4 Å². The number of nitrogens with zero attached hydrogens (tertiary/aromatic N) is 3. The molecule has 1 heterocycles. The van der Waals surface area contributed by atoms with Crippen molar-refractivity contribution in [1.82, 2.24) is 4.98 Å². The predicted octanol–water partition coefficient (Wildman–Crippen LogP) is 13.4. The molecule has 4 aromatic carbocycles. The molecule has 0 amide bonds. The van der Waals surface area contributed by atoms with Crippen LogP contribution >= 0.6 is 11.3 Å². The fraction of sp³-hybridized carbons (Fsp3) is 0.508. The van der Waals surface area contributed by atoms with Crippen LogP contribution in [0.15, 0.2) is 109 Å². The summed E-state index contributed by atoms with van der Waals surface area (Å²) in [7, 11) is 0. The third-order valence-electron chi connectivity index (χ3n) is 14.2. The number of carbonyl (C=O) groups excluding carboxylic acids is 3. The summed E-state index contributed by atoms with van der Waals surface area (Å²) in [5.74, 6) is 3.25. The van der Waals surface area contributed by atoms with Crippen molar-refractivity contribution < 1.29 is 57.0 Å². The first kappa shape index (κ1) is 60.2. The van der Waals surface area contributed by atoms with Gasteiger partial charge in [0.05, 0.1) is 87.7 Å². The highest BCUT2D eigenvalue weighted by Crippen LogP contribution is 2.35. The normalized spacial score (nSPS) is 17.2. The third kappa shape index (κ3) is 20.9. The summed E-state index contributed by atoms with van der Waals surface area (Å²) in [5, 5.41) is 7.55. The number of hydrogen-bond donors (Lipinski definition) is 0. The summed E-state index contributed by atoms with van der Waals surface area (Å²) in [6.45, 7) is 11.9. The molecule has 2 fully saturated rings. The number of benzene rings is 4. The average molecular weight is 1100 g/mol. The van der Waals surface area contributed by atoms with Crippen LogP contribution in [0.1, 0.15) is 122 Å². The molecule has 0 N–H and O–H groups in total. The second-order valence-electron chi connectivity index (χ2n) is 20.3. The van der Waals surface area contributed by atoms with Gasteiger partial charge < -0.3 is 42.6 Å². The van der Waals surface area contributed by atoms with Crippen molar-refractivity contribution in [2.45, 2.75) is 117 Å². The number of unbranched alkanes of at least 4 members (excludes halogenated alkanes) is 6. The molecule has 1 aromatic heterocycles. The first-order chi connectivity index (χ1) is 38.8. The fourth-order valence-corrected chi connectivity index (χ4v) is 10.4. The van der Waals surface area contributed by atoms with Gasteiger partial charge in [-0.1, -0.05) is 82.4 Å². The number of ether oxygens (including phenoxy) is 9. The van der Waals surface area contributed by atoms with Crippen molar-refractivity contribution in [2.24, 2.45) is 28.8 Å². The molecule has 0 unspecified atom stereocenters. The van der Waals surface area contributed by atoms with Crippen LogP contribution in [0.4, 0.5) is 5.13 Å². The molecule has 0 saturated heterocycles. The zero-order valence-corrected chi connectivity index (χ0v) is 47.2. The number of carbonyl (C=O) groups is 3. The number of esters is 3. The van der Waals surface area contributed by atoms with E-state index in [1.54, 1.807) is 41.8 Å². The lowest BCUT2D eigenvalue weighted by atomic mass is 9.82. The van der Waals surface area contributed by atoms with Crippen molar-refractivity contribution in [3.8, 4) is 34.5 Å². The highest BCUT2D eigenvalue weighted by molar-refractivity contribution is 7.22.